The number of benzene rings is 9. The van der Waals surface area contributed by atoms with Crippen molar-refractivity contribution in [3.63, 3.8) is 0 Å². The number of nitrogens with zero attached hydrogens (tertiary/aromatic N) is 2. The molecule has 0 bridgehead atoms. The molecule has 0 unspecified atom stereocenters. The van der Waals surface area contributed by atoms with Gasteiger partial charge in [0.1, 0.15) is 0 Å². The van der Waals surface area contributed by atoms with E-state index in [9.17, 15) is 0 Å². The molecule has 0 N–H and O–H groups in total. The Hall–Kier alpha value is -7.42. The minimum atomic E-state index is -0.134. The van der Waals surface area contributed by atoms with Gasteiger partial charge in [-0.25, -0.2) is 0 Å². The van der Waals surface area contributed by atoms with Gasteiger partial charge in [0.05, 0.1) is 16.7 Å². The second-order valence-corrected chi connectivity index (χ2v) is 16.1. The third kappa shape index (κ3) is 5.71. The summed E-state index contributed by atoms with van der Waals surface area (Å²) < 4.78 is 2.45. The van der Waals surface area contributed by atoms with Gasteiger partial charge < -0.3 is 9.47 Å². The zero-order valence-corrected chi connectivity index (χ0v) is 33.2. The molecule has 0 saturated heterocycles. The van der Waals surface area contributed by atoms with E-state index >= 15 is 0 Å². The number of fused-ring (bicyclic) bond motifs is 6. The molecular formula is C57H42N2. The van der Waals surface area contributed by atoms with Gasteiger partial charge in [0.2, 0.25) is 0 Å². The van der Waals surface area contributed by atoms with Crippen LogP contribution in [0.5, 0.6) is 0 Å². The van der Waals surface area contributed by atoms with Gasteiger partial charge in [0.25, 0.3) is 0 Å². The molecule has 1 aromatic heterocycles. The first kappa shape index (κ1) is 34.8. The van der Waals surface area contributed by atoms with E-state index in [1.165, 1.54) is 71.9 Å². The van der Waals surface area contributed by atoms with Crippen molar-refractivity contribution in [1.82, 2.24) is 4.57 Å². The Morgan fingerprint density at radius 3 is 1.75 bits per heavy atom. The second-order valence-electron chi connectivity index (χ2n) is 16.1. The Morgan fingerprint density at radius 1 is 0.373 bits per heavy atom. The molecule has 0 saturated carbocycles. The summed E-state index contributed by atoms with van der Waals surface area (Å²) in [5, 5.41) is 2.46. The van der Waals surface area contributed by atoms with E-state index in [1.807, 2.05) is 0 Å². The molecule has 2 heteroatoms. The summed E-state index contributed by atoms with van der Waals surface area (Å²) in [5.74, 6) is 0. The van der Waals surface area contributed by atoms with Crippen molar-refractivity contribution in [2.75, 3.05) is 4.90 Å². The van der Waals surface area contributed by atoms with Crippen LogP contribution in [-0.4, -0.2) is 4.57 Å². The number of hydrogen-bond acceptors (Lipinski definition) is 1. The van der Waals surface area contributed by atoms with Crippen LogP contribution in [0.1, 0.15) is 25.0 Å². The van der Waals surface area contributed by atoms with Crippen molar-refractivity contribution in [2.45, 2.75) is 19.3 Å². The maximum absolute atomic E-state index is 2.47. The topological polar surface area (TPSA) is 8.17 Å². The lowest BCUT2D eigenvalue weighted by Gasteiger charge is -2.30. The maximum atomic E-state index is 2.47. The van der Waals surface area contributed by atoms with Crippen LogP contribution in [0.3, 0.4) is 0 Å². The normalized spacial score (nSPS) is 12.7. The third-order valence-corrected chi connectivity index (χ3v) is 12.4. The van der Waals surface area contributed by atoms with Crippen LogP contribution in [-0.2, 0) is 5.41 Å². The molecule has 1 heterocycles. The summed E-state index contributed by atoms with van der Waals surface area (Å²) in [6.07, 6.45) is 0. The highest BCUT2D eigenvalue weighted by Crippen LogP contribution is 2.52. The Labute approximate surface area is 345 Å². The molecule has 10 aromatic rings. The van der Waals surface area contributed by atoms with E-state index < -0.39 is 0 Å². The quantitative estimate of drug-likeness (QED) is 0.157. The molecular weight excluding hydrogens is 713 g/mol. The van der Waals surface area contributed by atoms with Crippen LogP contribution in [0.2, 0.25) is 0 Å². The second kappa shape index (κ2) is 13.9. The van der Waals surface area contributed by atoms with E-state index in [1.54, 1.807) is 0 Å². The number of rotatable bonds is 7. The van der Waals surface area contributed by atoms with Gasteiger partial charge in [-0.2, -0.15) is 0 Å². The number of para-hydroxylation sites is 2. The van der Waals surface area contributed by atoms with Crippen molar-refractivity contribution >= 4 is 38.9 Å². The van der Waals surface area contributed by atoms with Gasteiger partial charge in [-0.15, -0.1) is 0 Å². The summed E-state index contributed by atoms with van der Waals surface area (Å²) >= 11 is 0. The average molecular weight is 755 g/mol. The van der Waals surface area contributed by atoms with Crippen LogP contribution < -0.4 is 4.90 Å². The van der Waals surface area contributed by atoms with Gasteiger partial charge in [0.15, 0.2) is 0 Å². The Balaban J connectivity index is 1.17. The van der Waals surface area contributed by atoms with Crippen molar-refractivity contribution in [3.05, 3.63) is 230 Å². The minimum absolute atomic E-state index is 0.134. The minimum Gasteiger partial charge on any atom is -0.310 e. The fraction of sp³-hybridized carbons (Fsp3) is 0.0526. The van der Waals surface area contributed by atoms with Gasteiger partial charge in [-0.1, -0.05) is 178 Å². The highest BCUT2D eigenvalue weighted by atomic mass is 15.1. The predicted octanol–water partition coefficient (Wildman–Crippen LogP) is 15.6. The average Bonchev–Trinajstić information content (AvgIpc) is 3.75. The molecule has 0 fully saturated rings. The first-order valence-corrected chi connectivity index (χ1v) is 20.5. The molecule has 1 aliphatic carbocycles. The van der Waals surface area contributed by atoms with Gasteiger partial charge >= 0.3 is 0 Å². The first-order chi connectivity index (χ1) is 29.0. The van der Waals surface area contributed by atoms with Crippen LogP contribution in [0.15, 0.2) is 218 Å². The summed E-state index contributed by atoms with van der Waals surface area (Å²) in [7, 11) is 0. The highest BCUT2D eigenvalue weighted by Gasteiger charge is 2.36. The van der Waals surface area contributed by atoms with Crippen molar-refractivity contribution in [3.8, 4) is 50.2 Å². The van der Waals surface area contributed by atoms with Gasteiger partial charge in [-0.3, -0.25) is 0 Å². The number of aromatic nitrogens is 1. The van der Waals surface area contributed by atoms with E-state index in [0.717, 1.165) is 28.3 Å². The Kier molecular flexibility index (Phi) is 8.20. The largest absolute Gasteiger partial charge is 0.310 e. The molecule has 9 aromatic carbocycles. The predicted molar refractivity (Wildman–Crippen MR) is 249 cm³/mol. The highest BCUT2D eigenvalue weighted by molar-refractivity contribution is 6.16. The van der Waals surface area contributed by atoms with E-state index in [-0.39, 0.29) is 5.41 Å². The van der Waals surface area contributed by atoms with Crippen LogP contribution in [0.4, 0.5) is 17.1 Å². The molecule has 0 radical (unpaired) electrons. The standard InChI is InChI=1S/C57H42N2/c1-57(2)51-29-14-12-27-48(51)49-34-32-44(37-52(49)57)58(53-30-15-13-26-46(53)40-20-8-4-9-21-40)45-33-35-50-55(38-45)59(43-24-10-5-11-25-43)54-31-17-28-47(56(50)54)42-23-16-22-41(36-42)39-18-6-3-7-19-39/h3-38H,1-2H3. The fourth-order valence-corrected chi connectivity index (χ4v) is 9.58. The lowest BCUT2D eigenvalue weighted by Crippen LogP contribution is -2.17. The summed E-state index contributed by atoms with van der Waals surface area (Å²) in [6, 6.07) is 79.9. The molecule has 11 rings (SSSR count). The molecule has 1 aliphatic rings. The SMILES string of the molecule is CC1(C)c2ccccc2-c2ccc(N(c3ccc4c5c(-c6cccc(-c7ccccc7)c6)cccc5n(-c5ccccc5)c4c3)c3ccccc3-c3ccccc3)cc21. The Morgan fingerprint density at radius 2 is 0.949 bits per heavy atom. The molecule has 0 aliphatic heterocycles. The molecule has 0 atom stereocenters. The maximum Gasteiger partial charge on any atom is 0.0562 e. The molecule has 0 spiro atoms. The Bertz CT molecular complexity index is 3170. The molecule has 280 valence electrons. The molecule has 2 nitrogen and oxygen atoms in total. The fourth-order valence-electron chi connectivity index (χ4n) is 9.58. The third-order valence-electron chi connectivity index (χ3n) is 12.4. The van der Waals surface area contributed by atoms with E-state index in [4.69, 9.17) is 0 Å². The van der Waals surface area contributed by atoms with Crippen molar-refractivity contribution in [2.24, 2.45) is 0 Å². The lowest BCUT2D eigenvalue weighted by atomic mass is 9.82. The van der Waals surface area contributed by atoms with Crippen molar-refractivity contribution < 1.29 is 0 Å². The summed E-state index contributed by atoms with van der Waals surface area (Å²) in [5.41, 5.74) is 19.3. The zero-order chi connectivity index (χ0) is 39.5. The van der Waals surface area contributed by atoms with E-state index in [2.05, 4.69) is 242 Å². The summed E-state index contributed by atoms with van der Waals surface area (Å²) in [4.78, 5) is 2.47. The molecule has 0 amide bonds. The first-order valence-electron chi connectivity index (χ1n) is 20.5. The zero-order valence-electron chi connectivity index (χ0n) is 33.2. The number of hydrogen-bond donors (Lipinski definition) is 0. The summed E-state index contributed by atoms with van der Waals surface area (Å²) in [6.45, 7) is 4.72. The smallest absolute Gasteiger partial charge is 0.0562 e. The van der Waals surface area contributed by atoms with Gasteiger partial charge in [-0.05, 0) is 105 Å². The van der Waals surface area contributed by atoms with Crippen LogP contribution in [0.25, 0.3) is 72.0 Å². The van der Waals surface area contributed by atoms with Crippen LogP contribution in [0, 0.1) is 0 Å². The lowest BCUT2D eigenvalue weighted by molar-refractivity contribution is 0.660. The van der Waals surface area contributed by atoms with Crippen molar-refractivity contribution in [1.29, 1.82) is 0 Å². The van der Waals surface area contributed by atoms with Crippen LogP contribution >= 0.6 is 0 Å². The van der Waals surface area contributed by atoms with E-state index in [0.29, 0.717) is 0 Å². The van der Waals surface area contributed by atoms with Gasteiger partial charge in [0, 0.05) is 38.8 Å². The monoisotopic (exact) mass is 754 g/mol. The number of anilines is 3. The molecule has 59 heavy (non-hydrogen) atoms.